The predicted octanol–water partition coefficient (Wildman–Crippen LogP) is 2.38. The number of carbonyl (C=O) groups excluding carboxylic acids is 2. The van der Waals surface area contributed by atoms with E-state index in [9.17, 15) is 9.59 Å². The predicted molar refractivity (Wildman–Crippen MR) is 95.7 cm³/mol. The number of ketones is 2. The Kier molecular flexibility index (Phi) is 3.97. The van der Waals surface area contributed by atoms with Crippen molar-refractivity contribution in [3.8, 4) is 0 Å². The van der Waals surface area contributed by atoms with E-state index >= 15 is 0 Å². The second kappa shape index (κ2) is 6.31. The van der Waals surface area contributed by atoms with E-state index in [0.29, 0.717) is 5.69 Å². The summed E-state index contributed by atoms with van der Waals surface area (Å²) >= 11 is 0. The first-order valence-corrected chi connectivity index (χ1v) is 8.30. The van der Waals surface area contributed by atoms with E-state index in [0.717, 1.165) is 16.5 Å². The Morgan fingerprint density at radius 3 is 2.81 bits per heavy atom. The van der Waals surface area contributed by atoms with Crippen LogP contribution in [0.2, 0.25) is 0 Å². The Labute approximate surface area is 149 Å². The van der Waals surface area contributed by atoms with E-state index in [1.165, 1.54) is 13.2 Å². The minimum absolute atomic E-state index is 0.0757. The number of Topliss-reactive ketones (excluding diaryl/α,β-unsaturated/α-hetero) is 1. The van der Waals surface area contributed by atoms with Crippen molar-refractivity contribution in [2.45, 2.75) is 17.9 Å². The van der Waals surface area contributed by atoms with E-state index in [-0.39, 0.29) is 18.0 Å². The number of rotatable bonds is 4. The fraction of sp³-hybridized carbons (Fsp3) is 0.200. The van der Waals surface area contributed by atoms with Gasteiger partial charge in [-0.05, 0) is 23.8 Å². The van der Waals surface area contributed by atoms with Crippen LogP contribution < -0.4 is 0 Å². The summed E-state index contributed by atoms with van der Waals surface area (Å²) in [6.07, 6.45) is 6.39. The lowest BCUT2D eigenvalue weighted by molar-refractivity contribution is -0.153. The number of pyridine rings is 1. The van der Waals surface area contributed by atoms with Gasteiger partial charge in [0.2, 0.25) is 0 Å². The number of aromatic nitrogens is 3. The molecule has 2 heterocycles. The Morgan fingerprint density at radius 2 is 2.04 bits per heavy atom. The Balaban J connectivity index is 1.77. The quantitative estimate of drug-likeness (QED) is 0.733. The molecule has 0 saturated carbocycles. The molecule has 1 N–H and O–H groups in total. The number of ether oxygens (including phenoxy) is 1. The lowest BCUT2D eigenvalue weighted by atomic mass is 9.75. The van der Waals surface area contributed by atoms with Gasteiger partial charge in [-0.25, -0.2) is 0 Å². The number of aromatic amines is 1. The van der Waals surface area contributed by atoms with Gasteiger partial charge in [-0.2, -0.15) is 5.10 Å². The van der Waals surface area contributed by atoms with E-state index in [2.05, 4.69) is 15.2 Å². The maximum absolute atomic E-state index is 13.3. The lowest BCUT2D eigenvalue weighted by Gasteiger charge is -2.33. The second-order valence-electron chi connectivity index (χ2n) is 6.28. The number of fused-ring (bicyclic) bond motifs is 1. The van der Waals surface area contributed by atoms with Gasteiger partial charge in [0.1, 0.15) is 0 Å². The topological polar surface area (TPSA) is 84.9 Å². The number of nitrogens with zero attached hydrogens (tertiary/aromatic N) is 2. The summed E-state index contributed by atoms with van der Waals surface area (Å²) in [7, 11) is 1.39. The maximum Gasteiger partial charge on any atom is 0.195 e. The molecule has 0 fully saturated rings. The first-order chi connectivity index (χ1) is 12.7. The van der Waals surface area contributed by atoms with Crippen LogP contribution in [0.5, 0.6) is 0 Å². The Morgan fingerprint density at radius 1 is 1.19 bits per heavy atom. The number of para-hydroxylation sites is 1. The highest BCUT2D eigenvalue weighted by Gasteiger charge is 2.50. The maximum atomic E-state index is 13.3. The fourth-order valence-electron chi connectivity index (χ4n) is 3.44. The Hall–Kier alpha value is -3.12. The van der Waals surface area contributed by atoms with E-state index in [1.54, 1.807) is 24.5 Å². The SMILES string of the molecule is COC1(Cc2n[nH]c3ccccc23)C(=O)C=CC(c2cccnc2)C1=O. The third-order valence-corrected chi connectivity index (χ3v) is 4.88. The van der Waals surface area contributed by atoms with Crippen molar-refractivity contribution < 1.29 is 14.3 Å². The summed E-state index contributed by atoms with van der Waals surface area (Å²) in [5, 5.41) is 8.11. The highest BCUT2D eigenvalue weighted by Crippen LogP contribution is 2.34. The summed E-state index contributed by atoms with van der Waals surface area (Å²) in [4.78, 5) is 30.1. The number of benzene rings is 1. The largest absolute Gasteiger partial charge is 0.362 e. The van der Waals surface area contributed by atoms with Gasteiger partial charge in [-0.15, -0.1) is 0 Å². The van der Waals surface area contributed by atoms with Crippen LogP contribution in [0.25, 0.3) is 10.9 Å². The zero-order valence-corrected chi connectivity index (χ0v) is 14.2. The molecule has 6 heteroatoms. The fourth-order valence-corrected chi connectivity index (χ4v) is 3.44. The first kappa shape index (κ1) is 16.4. The first-order valence-electron chi connectivity index (χ1n) is 8.30. The van der Waals surface area contributed by atoms with Gasteiger partial charge in [0.25, 0.3) is 0 Å². The average molecular weight is 347 g/mol. The number of carbonyl (C=O) groups is 2. The number of hydrogen-bond donors (Lipinski definition) is 1. The minimum Gasteiger partial charge on any atom is -0.362 e. The zero-order chi connectivity index (χ0) is 18.1. The number of hydrogen-bond acceptors (Lipinski definition) is 5. The third-order valence-electron chi connectivity index (χ3n) is 4.88. The molecular formula is C20H17N3O3. The molecule has 2 aromatic heterocycles. The monoisotopic (exact) mass is 347 g/mol. The lowest BCUT2D eigenvalue weighted by Crippen LogP contribution is -2.53. The van der Waals surface area contributed by atoms with Gasteiger partial charge >= 0.3 is 0 Å². The molecule has 2 atom stereocenters. The smallest absolute Gasteiger partial charge is 0.195 e. The van der Waals surface area contributed by atoms with Crippen LogP contribution in [0.4, 0.5) is 0 Å². The van der Waals surface area contributed by atoms with Crippen molar-refractivity contribution in [1.29, 1.82) is 0 Å². The van der Waals surface area contributed by atoms with Crippen LogP contribution in [0.1, 0.15) is 17.2 Å². The van der Waals surface area contributed by atoms with Crippen molar-refractivity contribution in [3.63, 3.8) is 0 Å². The second-order valence-corrected chi connectivity index (χ2v) is 6.28. The van der Waals surface area contributed by atoms with Gasteiger partial charge in [-0.1, -0.05) is 30.3 Å². The molecule has 0 radical (unpaired) electrons. The van der Waals surface area contributed by atoms with Crippen LogP contribution in [-0.2, 0) is 20.7 Å². The summed E-state index contributed by atoms with van der Waals surface area (Å²) in [6, 6.07) is 11.2. The molecular weight excluding hydrogens is 330 g/mol. The van der Waals surface area contributed by atoms with E-state index in [4.69, 9.17) is 4.74 Å². The molecule has 0 spiro atoms. The molecule has 1 aromatic carbocycles. The molecule has 0 bridgehead atoms. The molecule has 0 saturated heterocycles. The van der Waals surface area contributed by atoms with Crippen LogP contribution >= 0.6 is 0 Å². The standard InChI is InChI=1S/C20H17N3O3/c1-26-20(11-17-15-6-2-3-7-16(15)22-23-17)18(24)9-8-14(19(20)25)13-5-4-10-21-12-13/h2-10,12,14H,11H2,1H3,(H,22,23). The normalized spacial score (nSPS) is 22.9. The summed E-state index contributed by atoms with van der Waals surface area (Å²) < 4.78 is 5.55. The number of allylic oxidation sites excluding steroid dienone is 1. The molecule has 1 aliphatic rings. The molecule has 1 aliphatic carbocycles. The molecule has 0 amide bonds. The van der Waals surface area contributed by atoms with Gasteiger partial charge in [-0.3, -0.25) is 19.7 Å². The summed E-state index contributed by atoms with van der Waals surface area (Å²) in [5.41, 5.74) is 0.621. The molecule has 2 unspecified atom stereocenters. The number of methoxy groups -OCH3 is 1. The van der Waals surface area contributed by atoms with Gasteiger partial charge in [0, 0.05) is 31.3 Å². The molecule has 4 rings (SSSR count). The van der Waals surface area contributed by atoms with E-state index < -0.39 is 11.5 Å². The molecule has 26 heavy (non-hydrogen) atoms. The van der Waals surface area contributed by atoms with Crippen molar-refractivity contribution in [1.82, 2.24) is 15.2 Å². The summed E-state index contributed by atoms with van der Waals surface area (Å²) in [6.45, 7) is 0. The van der Waals surface area contributed by atoms with Gasteiger partial charge in [0.15, 0.2) is 17.2 Å². The summed E-state index contributed by atoms with van der Waals surface area (Å²) in [5.74, 6) is -1.24. The third kappa shape index (κ3) is 2.46. The van der Waals surface area contributed by atoms with Crippen molar-refractivity contribution in [3.05, 3.63) is 72.2 Å². The average Bonchev–Trinajstić information content (AvgIpc) is 3.09. The van der Waals surface area contributed by atoms with Crippen molar-refractivity contribution in [2.75, 3.05) is 7.11 Å². The van der Waals surface area contributed by atoms with Gasteiger partial charge < -0.3 is 4.74 Å². The highest BCUT2D eigenvalue weighted by atomic mass is 16.5. The zero-order valence-electron chi connectivity index (χ0n) is 14.2. The molecule has 3 aromatic rings. The Bertz CT molecular complexity index is 1010. The van der Waals surface area contributed by atoms with Crippen molar-refractivity contribution in [2.24, 2.45) is 0 Å². The van der Waals surface area contributed by atoms with E-state index in [1.807, 2.05) is 30.3 Å². The molecule has 6 nitrogen and oxygen atoms in total. The minimum atomic E-state index is -1.59. The van der Waals surface area contributed by atoms with Crippen LogP contribution in [-0.4, -0.2) is 39.5 Å². The molecule has 0 aliphatic heterocycles. The molecule has 130 valence electrons. The number of nitrogens with one attached hydrogen (secondary N) is 1. The highest BCUT2D eigenvalue weighted by molar-refractivity contribution is 6.20. The van der Waals surface area contributed by atoms with Crippen molar-refractivity contribution >= 4 is 22.5 Å². The van der Waals surface area contributed by atoms with Crippen LogP contribution in [0.15, 0.2) is 60.9 Å². The van der Waals surface area contributed by atoms with Crippen LogP contribution in [0.3, 0.4) is 0 Å². The number of H-pyrrole nitrogens is 1. The van der Waals surface area contributed by atoms with Gasteiger partial charge in [0.05, 0.1) is 17.1 Å². The van der Waals surface area contributed by atoms with Crippen LogP contribution in [0, 0.1) is 0 Å².